The Morgan fingerprint density at radius 2 is 2.08 bits per heavy atom. The van der Waals surface area contributed by atoms with E-state index in [1.54, 1.807) is 6.92 Å². The van der Waals surface area contributed by atoms with Crippen molar-refractivity contribution in [2.24, 2.45) is 0 Å². The van der Waals surface area contributed by atoms with Crippen LogP contribution in [0.4, 0.5) is 0 Å². The number of hydrogen-bond donors (Lipinski definition) is 1. The molecule has 0 atom stereocenters. The normalized spacial score (nSPS) is 11.4. The first-order valence-electron chi connectivity index (χ1n) is 3.48. The number of hydrogen-bond acceptors (Lipinski definition) is 4. The van der Waals surface area contributed by atoms with Gasteiger partial charge in [-0.1, -0.05) is 0 Å². The molecule has 1 N–H and O–H groups in total. The van der Waals surface area contributed by atoms with Crippen molar-refractivity contribution in [1.82, 2.24) is 0 Å². The molecular weight excluding hydrogens is 184 g/mol. The lowest BCUT2D eigenvalue weighted by molar-refractivity contribution is -0.136. The second-order valence-electron chi connectivity index (χ2n) is 2.20. The van der Waals surface area contributed by atoms with Crippen LogP contribution < -0.4 is 0 Å². The molecule has 5 nitrogen and oxygen atoms in total. The third-order valence-corrected chi connectivity index (χ3v) is 2.45. The summed E-state index contributed by atoms with van der Waals surface area (Å²) < 4.78 is 26.5. The fourth-order valence-corrected chi connectivity index (χ4v) is 1.54. The first-order chi connectivity index (χ1) is 5.48. The average Bonchev–Trinajstić information content (AvgIpc) is 1.98. The quantitative estimate of drug-likeness (QED) is 0.640. The monoisotopic (exact) mass is 196 g/mol. The van der Waals surface area contributed by atoms with E-state index in [9.17, 15) is 13.2 Å². The molecule has 0 spiro atoms. The smallest absolute Gasteiger partial charge is 0.304 e. The summed E-state index contributed by atoms with van der Waals surface area (Å²) >= 11 is 0. The summed E-state index contributed by atoms with van der Waals surface area (Å²) in [4.78, 5) is 10.0. The van der Waals surface area contributed by atoms with E-state index in [4.69, 9.17) is 5.11 Å². The van der Waals surface area contributed by atoms with Gasteiger partial charge in [0.05, 0.1) is 12.2 Å². The average molecular weight is 196 g/mol. The Hall–Kier alpha value is -0.620. The predicted molar refractivity (Wildman–Crippen MR) is 42.5 cm³/mol. The van der Waals surface area contributed by atoms with Crippen molar-refractivity contribution in [1.29, 1.82) is 0 Å². The molecule has 0 heterocycles. The number of rotatable bonds is 6. The maximum atomic E-state index is 10.9. The third-order valence-electron chi connectivity index (χ3n) is 1.09. The van der Waals surface area contributed by atoms with Gasteiger partial charge in [-0.2, -0.15) is 0 Å². The number of carboxylic acid groups (broad SMARTS) is 1. The van der Waals surface area contributed by atoms with Gasteiger partial charge in [0.15, 0.2) is 9.84 Å². The number of aliphatic carboxylic acids is 1. The molecule has 0 saturated heterocycles. The van der Waals surface area contributed by atoms with Gasteiger partial charge in [0.1, 0.15) is 5.94 Å². The summed E-state index contributed by atoms with van der Waals surface area (Å²) in [5.41, 5.74) is 0. The molecule has 0 aliphatic rings. The molecular formula is C6H12O5S. The maximum Gasteiger partial charge on any atom is 0.304 e. The van der Waals surface area contributed by atoms with E-state index in [-0.39, 0.29) is 12.2 Å². The van der Waals surface area contributed by atoms with Crippen molar-refractivity contribution in [2.45, 2.75) is 13.3 Å². The Balaban J connectivity index is 3.80. The molecule has 0 fully saturated rings. The Morgan fingerprint density at radius 3 is 2.50 bits per heavy atom. The Kier molecular flexibility index (Phi) is 4.84. The highest BCUT2D eigenvalue weighted by atomic mass is 32.2. The minimum Gasteiger partial charge on any atom is -0.481 e. The molecule has 0 rings (SSSR count). The molecule has 0 aromatic rings. The van der Waals surface area contributed by atoms with E-state index >= 15 is 0 Å². The summed E-state index contributed by atoms with van der Waals surface area (Å²) in [6.07, 6.45) is -0.366. The lowest BCUT2D eigenvalue weighted by Crippen LogP contribution is -2.16. The molecule has 72 valence electrons. The van der Waals surface area contributed by atoms with Gasteiger partial charge in [-0.3, -0.25) is 4.79 Å². The third kappa shape index (κ3) is 6.11. The molecule has 0 saturated carbocycles. The molecule has 0 aromatic heterocycles. The summed E-state index contributed by atoms with van der Waals surface area (Å²) in [5.74, 6) is -1.87. The molecule has 0 radical (unpaired) electrons. The van der Waals surface area contributed by atoms with Gasteiger partial charge in [0.25, 0.3) is 0 Å². The topological polar surface area (TPSA) is 80.7 Å². The highest BCUT2D eigenvalue weighted by Gasteiger charge is 2.12. The standard InChI is InChI=1S/C6H12O5S/c1-2-11-5-12(9,10)4-3-6(7)8/h2-5H2,1H3,(H,7,8). The van der Waals surface area contributed by atoms with E-state index in [0.29, 0.717) is 6.61 Å². The second-order valence-corrected chi connectivity index (χ2v) is 4.33. The summed E-state index contributed by atoms with van der Waals surface area (Å²) in [7, 11) is -3.34. The van der Waals surface area contributed by atoms with E-state index in [2.05, 4.69) is 4.74 Å². The van der Waals surface area contributed by atoms with E-state index in [0.717, 1.165) is 0 Å². The van der Waals surface area contributed by atoms with E-state index < -0.39 is 21.7 Å². The number of ether oxygens (including phenoxy) is 1. The Bertz CT molecular complexity index is 230. The molecule has 0 amide bonds. The van der Waals surface area contributed by atoms with Crippen LogP contribution in [-0.2, 0) is 19.4 Å². The van der Waals surface area contributed by atoms with Gasteiger partial charge in [0, 0.05) is 6.61 Å². The fourth-order valence-electron chi connectivity index (χ4n) is 0.512. The molecule has 0 aliphatic carbocycles. The fraction of sp³-hybridized carbons (Fsp3) is 0.833. The second kappa shape index (κ2) is 5.10. The lowest BCUT2D eigenvalue weighted by atomic mass is 10.5. The van der Waals surface area contributed by atoms with Crippen molar-refractivity contribution in [3.63, 3.8) is 0 Å². The minimum atomic E-state index is -3.34. The highest BCUT2D eigenvalue weighted by Crippen LogP contribution is 1.94. The van der Waals surface area contributed by atoms with Gasteiger partial charge in [0.2, 0.25) is 0 Å². The van der Waals surface area contributed by atoms with Crippen LogP contribution in [0.25, 0.3) is 0 Å². The summed E-state index contributed by atoms with van der Waals surface area (Å²) in [6.45, 7) is 1.99. The van der Waals surface area contributed by atoms with Gasteiger partial charge in [-0.15, -0.1) is 0 Å². The molecule has 6 heteroatoms. The zero-order valence-electron chi connectivity index (χ0n) is 6.82. The summed E-state index contributed by atoms with van der Waals surface area (Å²) in [6, 6.07) is 0. The van der Waals surface area contributed by atoms with E-state index in [1.165, 1.54) is 0 Å². The van der Waals surface area contributed by atoms with Crippen molar-refractivity contribution >= 4 is 15.8 Å². The predicted octanol–water partition coefficient (Wildman–Crippen LogP) is -0.130. The minimum absolute atomic E-state index is 0.312. The summed E-state index contributed by atoms with van der Waals surface area (Å²) in [5, 5.41) is 8.20. The molecule has 0 aliphatic heterocycles. The van der Waals surface area contributed by atoms with Crippen LogP contribution in [0.3, 0.4) is 0 Å². The highest BCUT2D eigenvalue weighted by molar-refractivity contribution is 7.91. The van der Waals surface area contributed by atoms with Crippen LogP contribution in [0.15, 0.2) is 0 Å². The van der Waals surface area contributed by atoms with Gasteiger partial charge >= 0.3 is 5.97 Å². The largest absolute Gasteiger partial charge is 0.481 e. The van der Waals surface area contributed by atoms with Crippen LogP contribution in [0, 0.1) is 0 Å². The zero-order chi connectivity index (χ0) is 9.61. The van der Waals surface area contributed by atoms with Gasteiger partial charge in [-0.25, -0.2) is 8.42 Å². The zero-order valence-corrected chi connectivity index (χ0v) is 7.63. The maximum absolute atomic E-state index is 10.9. The van der Waals surface area contributed by atoms with Crippen molar-refractivity contribution in [3.05, 3.63) is 0 Å². The van der Waals surface area contributed by atoms with Crippen molar-refractivity contribution in [3.8, 4) is 0 Å². The molecule has 0 unspecified atom stereocenters. The van der Waals surface area contributed by atoms with E-state index in [1.807, 2.05) is 0 Å². The van der Waals surface area contributed by atoms with Crippen molar-refractivity contribution in [2.75, 3.05) is 18.3 Å². The molecule has 0 bridgehead atoms. The molecule has 0 aromatic carbocycles. The Labute approximate surface area is 71.3 Å². The first kappa shape index (κ1) is 11.4. The van der Waals surface area contributed by atoms with Crippen LogP contribution >= 0.6 is 0 Å². The van der Waals surface area contributed by atoms with Crippen LogP contribution in [0.2, 0.25) is 0 Å². The molecule has 12 heavy (non-hydrogen) atoms. The number of carboxylic acids is 1. The van der Waals surface area contributed by atoms with Crippen LogP contribution in [0.5, 0.6) is 0 Å². The Morgan fingerprint density at radius 1 is 1.50 bits per heavy atom. The first-order valence-corrected chi connectivity index (χ1v) is 5.30. The van der Waals surface area contributed by atoms with Gasteiger partial charge in [-0.05, 0) is 6.92 Å². The SMILES string of the molecule is CCOCS(=O)(=O)CCC(=O)O. The van der Waals surface area contributed by atoms with Crippen molar-refractivity contribution < 1.29 is 23.1 Å². The lowest BCUT2D eigenvalue weighted by Gasteiger charge is -2.01. The van der Waals surface area contributed by atoms with Crippen LogP contribution in [-0.4, -0.2) is 37.8 Å². The number of sulfone groups is 1. The number of carbonyl (C=O) groups is 1. The van der Waals surface area contributed by atoms with Gasteiger partial charge < -0.3 is 9.84 Å². The van der Waals surface area contributed by atoms with Crippen LogP contribution in [0.1, 0.15) is 13.3 Å².